The molecular weight excluding hydrogens is 625 g/mol. The average molecular weight is 646 g/mol. The predicted molar refractivity (Wildman–Crippen MR) is 151 cm³/mol. The van der Waals surface area contributed by atoms with Crippen molar-refractivity contribution in [2.24, 2.45) is 0 Å². The van der Waals surface area contributed by atoms with Crippen LogP contribution in [-0.2, 0) is 14.4 Å². The molecule has 1 saturated heterocycles. The Hall–Kier alpha value is -3.90. The summed E-state index contributed by atoms with van der Waals surface area (Å²) in [5.41, 5.74) is 1.73. The van der Waals surface area contributed by atoms with E-state index in [1.165, 1.54) is 19.3 Å². The van der Waals surface area contributed by atoms with Gasteiger partial charge in [-0.15, -0.1) is 0 Å². The number of nitrogens with zero attached hydrogens (tertiary/aromatic N) is 1. The van der Waals surface area contributed by atoms with Gasteiger partial charge in [-0.2, -0.15) is 0 Å². The molecule has 5 amide bonds. The molecular formula is C27H21ClIN3O6. The molecule has 11 heteroatoms. The molecule has 9 nitrogen and oxygen atoms in total. The average Bonchev–Trinajstić information content (AvgIpc) is 2.88. The van der Waals surface area contributed by atoms with Crippen molar-refractivity contribution in [3.63, 3.8) is 0 Å². The number of urea groups is 1. The molecule has 1 aliphatic heterocycles. The van der Waals surface area contributed by atoms with Crippen LogP contribution in [0.2, 0.25) is 5.02 Å². The van der Waals surface area contributed by atoms with E-state index in [1.807, 2.05) is 28.7 Å². The van der Waals surface area contributed by atoms with Crippen LogP contribution in [0.15, 0.2) is 66.2 Å². The lowest BCUT2D eigenvalue weighted by Crippen LogP contribution is -2.54. The standard InChI is InChI=1S/C27H21ClIN3O6/c1-15-8-9-17(28)13-21(15)32-26(35)19(25(34)31-27(32)36)10-16-11-20(29)24(22(12-16)37-2)38-14-23(33)30-18-6-4-3-5-7-18/h3-13H,14H2,1-2H3,(H,30,33)(H,31,34,36)/b19-10+. The molecule has 0 bridgehead atoms. The predicted octanol–water partition coefficient (Wildman–Crippen LogP) is 4.95. The van der Waals surface area contributed by atoms with Gasteiger partial charge in [-0.1, -0.05) is 35.9 Å². The molecule has 1 aliphatic rings. The maximum Gasteiger partial charge on any atom is 0.335 e. The van der Waals surface area contributed by atoms with Gasteiger partial charge in [0.25, 0.3) is 17.7 Å². The molecule has 38 heavy (non-hydrogen) atoms. The van der Waals surface area contributed by atoms with Gasteiger partial charge in [0.15, 0.2) is 18.1 Å². The first-order chi connectivity index (χ1) is 18.2. The fourth-order valence-electron chi connectivity index (χ4n) is 3.69. The Morgan fingerprint density at radius 1 is 1.11 bits per heavy atom. The molecule has 0 aromatic heterocycles. The van der Waals surface area contributed by atoms with Crippen LogP contribution in [0.1, 0.15) is 11.1 Å². The number of carbonyl (C=O) groups excluding carboxylic acids is 4. The quantitative estimate of drug-likeness (QED) is 0.214. The molecule has 1 fully saturated rings. The van der Waals surface area contributed by atoms with E-state index in [4.69, 9.17) is 21.1 Å². The number of anilines is 2. The number of hydrogen-bond acceptors (Lipinski definition) is 6. The van der Waals surface area contributed by atoms with Gasteiger partial charge >= 0.3 is 6.03 Å². The van der Waals surface area contributed by atoms with Gasteiger partial charge in [0.2, 0.25) is 0 Å². The Morgan fingerprint density at radius 2 is 1.84 bits per heavy atom. The number of imide groups is 2. The first-order valence-electron chi connectivity index (χ1n) is 11.2. The van der Waals surface area contributed by atoms with Crippen molar-refractivity contribution >= 4 is 75.4 Å². The van der Waals surface area contributed by atoms with Gasteiger partial charge in [-0.3, -0.25) is 19.7 Å². The molecule has 0 spiro atoms. The van der Waals surface area contributed by atoms with E-state index in [2.05, 4.69) is 10.6 Å². The van der Waals surface area contributed by atoms with Crippen LogP contribution in [-0.4, -0.2) is 37.5 Å². The van der Waals surface area contributed by atoms with Gasteiger partial charge in [-0.25, -0.2) is 9.69 Å². The van der Waals surface area contributed by atoms with Crippen molar-refractivity contribution < 1.29 is 28.7 Å². The molecule has 0 atom stereocenters. The highest BCUT2D eigenvalue weighted by molar-refractivity contribution is 14.1. The van der Waals surface area contributed by atoms with Gasteiger partial charge in [0.1, 0.15) is 5.57 Å². The van der Waals surface area contributed by atoms with E-state index in [0.717, 1.165) is 4.90 Å². The Bertz CT molecular complexity index is 1480. The zero-order chi connectivity index (χ0) is 27.4. The maximum atomic E-state index is 13.3. The summed E-state index contributed by atoms with van der Waals surface area (Å²) in [7, 11) is 1.43. The number of para-hydroxylation sites is 1. The van der Waals surface area contributed by atoms with Crippen molar-refractivity contribution in [1.82, 2.24) is 5.32 Å². The van der Waals surface area contributed by atoms with Gasteiger partial charge in [0.05, 0.1) is 16.4 Å². The van der Waals surface area contributed by atoms with E-state index in [9.17, 15) is 19.2 Å². The van der Waals surface area contributed by atoms with Crippen LogP contribution >= 0.6 is 34.2 Å². The minimum Gasteiger partial charge on any atom is -0.493 e. The number of rotatable bonds is 7. The van der Waals surface area contributed by atoms with Crippen molar-refractivity contribution in [2.75, 3.05) is 23.9 Å². The van der Waals surface area contributed by atoms with E-state index in [-0.39, 0.29) is 23.8 Å². The van der Waals surface area contributed by atoms with Crippen LogP contribution in [0.5, 0.6) is 11.5 Å². The molecule has 0 aliphatic carbocycles. The number of nitrogens with one attached hydrogen (secondary N) is 2. The Balaban J connectivity index is 1.59. The molecule has 0 unspecified atom stereocenters. The van der Waals surface area contributed by atoms with Crippen molar-refractivity contribution in [1.29, 1.82) is 0 Å². The summed E-state index contributed by atoms with van der Waals surface area (Å²) in [6.07, 6.45) is 1.35. The highest BCUT2D eigenvalue weighted by Gasteiger charge is 2.37. The van der Waals surface area contributed by atoms with Crippen LogP contribution in [0.25, 0.3) is 6.08 Å². The lowest BCUT2D eigenvalue weighted by molar-refractivity contribution is -0.122. The van der Waals surface area contributed by atoms with Crippen LogP contribution in [0, 0.1) is 10.5 Å². The number of benzene rings is 3. The van der Waals surface area contributed by atoms with Crippen LogP contribution in [0.3, 0.4) is 0 Å². The van der Waals surface area contributed by atoms with Crippen LogP contribution < -0.4 is 25.0 Å². The fourth-order valence-corrected chi connectivity index (χ4v) is 4.63. The van der Waals surface area contributed by atoms with Crippen molar-refractivity contribution in [3.05, 3.63) is 86.0 Å². The SMILES string of the molecule is COc1cc(/C=C2\C(=O)NC(=O)N(c3cc(Cl)ccc3C)C2=O)cc(I)c1OCC(=O)Nc1ccccc1. The third-order valence-electron chi connectivity index (χ3n) is 5.48. The summed E-state index contributed by atoms with van der Waals surface area (Å²) in [4.78, 5) is 51.6. The van der Waals surface area contributed by atoms with E-state index in [0.29, 0.717) is 36.9 Å². The number of hydrogen-bond donors (Lipinski definition) is 2. The number of barbiturate groups is 1. The van der Waals surface area contributed by atoms with Crippen LogP contribution in [0.4, 0.5) is 16.2 Å². The monoisotopic (exact) mass is 645 g/mol. The number of halogens is 2. The summed E-state index contributed by atoms with van der Waals surface area (Å²) in [6, 6.07) is 16.1. The number of ether oxygens (including phenoxy) is 2. The first kappa shape index (κ1) is 27.1. The maximum absolute atomic E-state index is 13.3. The molecule has 1 heterocycles. The summed E-state index contributed by atoms with van der Waals surface area (Å²) >= 11 is 8.08. The topological polar surface area (TPSA) is 114 Å². The third kappa shape index (κ3) is 5.97. The minimum absolute atomic E-state index is 0.252. The smallest absolute Gasteiger partial charge is 0.335 e. The Morgan fingerprint density at radius 3 is 2.55 bits per heavy atom. The summed E-state index contributed by atoms with van der Waals surface area (Å²) in [5, 5.41) is 5.26. The van der Waals surface area contributed by atoms with Gasteiger partial charge < -0.3 is 14.8 Å². The highest BCUT2D eigenvalue weighted by Crippen LogP contribution is 2.35. The minimum atomic E-state index is -0.868. The van der Waals surface area contributed by atoms with E-state index >= 15 is 0 Å². The second kappa shape index (κ2) is 11.7. The molecule has 0 radical (unpaired) electrons. The number of methoxy groups -OCH3 is 1. The second-order valence-electron chi connectivity index (χ2n) is 8.13. The van der Waals surface area contributed by atoms with Crippen molar-refractivity contribution in [2.45, 2.75) is 6.92 Å². The lowest BCUT2D eigenvalue weighted by Gasteiger charge is -2.27. The highest BCUT2D eigenvalue weighted by atomic mass is 127. The number of aryl methyl sites for hydroxylation is 1. The van der Waals surface area contributed by atoms with E-state index in [1.54, 1.807) is 55.5 Å². The molecule has 2 N–H and O–H groups in total. The molecule has 0 saturated carbocycles. The Labute approximate surface area is 236 Å². The number of carbonyl (C=O) groups is 4. The summed E-state index contributed by atoms with van der Waals surface area (Å²) in [5.74, 6) is -1.37. The van der Waals surface area contributed by atoms with Gasteiger partial charge in [0, 0.05) is 10.7 Å². The first-order valence-corrected chi connectivity index (χ1v) is 12.7. The summed E-state index contributed by atoms with van der Waals surface area (Å²) < 4.78 is 11.7. The zero-order valence-electron chi connectivity index (χ0n) is 20.2. The fraction of sp³-hybridized carbons (Fsp3) is 0.111. The van der Waals surface area contributed by atoms with Gasteiger partial charge in [-0.05, 0) is 83.1 Å². The molecule has 3 aromatic rings. The normalized spacial score (nSPS) is 14.4. The molecule has 4 rings (SSSR count). The van der Waals surface area contributed by atoms with Crippen molar-refractivity contribution in [3.8, 4) is 11.5 Å². The van der Waals surface area contributed by atoms with E-state index < -0.39 is 17.8 Å². The lowest BCUT2D eigenvalue weighted by atomic mass is 10.1. The molecule has 3 aromatic carbocycles. The second-order valence-corrected chi connectivity index (χ2v) is 9.72. The Kier molecular flexibility index (Phi) is 8.32. The summed E-state index contributed by atoms with van der Waals surface area (Å²) in [6.45, 7) is 1.46. The number of amides is 5. The largest absolute Gasteiger partial charge is 0.493 e. The third-order valence-corrected chi connectivity index (χ3v) is 6.52. The zero-order valence-corrected chi connectivity index (χ0v) is 23.1. The molecule has 194 valence electrons.